The number of piperazine rings is 1. The smallest absolute Gasteiger partial charge is 0.0949 e. The van der Waals surface area contributed by atoms with Crippen LogP contribution in [0.15, 0.2) is 18.2 Å². The monoisotopic (exact) mass is 287 g/mol. The highest BCUT2D eigenvalue weighted by Gasteiger charge is 2.21. The first-order chi connectivity index (χ1) is 8.72. The Morgan fingerprint density at radius 2 is 1.94 bits per heavy atom. The fourth-order valence-electron chi connectivity index (χ4n) is 2.48. The molecule has 4 heteroatoms. The van der Waals surface area contributed by atoms with E-state index < -0.39 is 0 Å². The van der Waals surface area contributed by atoms with E-state index in [1.807, 2.05) is 12.1 Å². The molecule has 0 bridgehead atoms. The van der Waals surface area contributed by atoms with Gasteiger partial charge in [0.15, 0.2) is 0 Å². The molecule has 0 aliphatic carbocycles. The fraction of sp³-hybridized carbons (Fsp3) is 0.571. The van der Waals surface area contributed by atoms with E-state index in [9.17, 15) is 0 Å². The SMILES string of the molecule is CCCC[NH+]1CCN(c2cccc(Cl)c2Cl)CC1. The van der Waals surface area contributed by atoms with E-state index in [0.717, 1.165) is 18.8 Å². The Morgan fingerprint density at radius 3 is 2.61 bits per heavy atom. The first-order valence-electron chi connectivity index (χ1n) is 6.75. The molecule has 0 amide bonds. The zero-order valence-electron chi connectivity index (χ0n) is 10.9. The summed E-state index contributed by atoms with van der Waals surface area (Å²) in [6.45, 7) is 8.08. The normalized spacial score (nSPS) is 17.2. The number of anilines is 1. The van der Waals surface area contributed by atoms with E-state index in [1.54, 1.807) is 4.90 Å². The van der Waals surface area contributed by atoms with Crippen LogP contribution in [0.5, 0.6) is 0 Å². The van der Waals surface area contributed by atoms with Crippen molar-refractivity contribution < 1.29 is 4.90 Å². The number of hydrogen-bond donors (Lipinski definition) is 1. The summed E-state index contributed by atoms with van der Waals surface area (Å²) in [7, 11) is 0. The van der Waals surface area contributed by atoms with Gasteiger partial charge in [0.1, 0.15) is 0 Å². The van der Waals surface area contributed by atoms with Crippen LogP contribution in [0.25, 0.3) is 0 Å². The lowest BCUT2D eigenvalue weighted by Gasteiger charge is -2.34. The minimum absolute atomic E-state index is 0.648. The van der Waals surface area contributed by atoms with Crippen LogP contribution in [-0.4, -0.2) is 32.7 Å². The van der Waals surface area contributed by atoms with Crippen LogP contribution in [0.1, 0.15) is 19.8 Å². The molecular formula is C14H21Cl2N2+. The van der Waals surface area contributed by atoms with Gasteiger partial charge in [0.25, 0.3) is 0 Å². The van der Waals surface area contributed by atoms with E-state index in [2.05, 4.69) is 17.9 Å². The molecule has 0 saturated carbocycles. The van der Waals surface area contributed by atoms with Crippen LogP contribution in [0.2, 0.25) is 10.0 Å². The van der Waals surface area contributed by atoms with Crippen LogP contribution in [0.4, 0.5) is 5.69 Å². The zero-order valence-corrected chi connectivity index (χ0v) is 12.4. The lowest BCUT2D eigenvalue weighted by molar-refractivity contribution is -0.900. The molecular weight excluding hydrogens is 267 g/mol. The van der Waals surface area contributed by atoms with Crippen molar-refractivity contribution in [2.24, 2.45) is 0 Å². The lowest BCUT2D eigenvalue weighted by atomic mass is 10.2. The van der Waals surface area contributed by atoms with Gasteiger partial charge in [-0.3, -0.25) is 0 Å². The summed E-state index contributed by atoms with van der Waals surface area (Å²) in [6, 6.07) is 5.88. The molecule has 1 N–H and O–H groups in total. The van der Waals surface area contributed by atoms with Gasteiger partial charge in [-0.05, 0) is 18.6 Å². The van der Waals surface area contributed by atoms with E-state index >= 15 is 0 Å². The van der Waals surface area contributed by atoms with Crippen LogP contribution >= 0.6 is 23.2 Å². The van der Waals surface area contributed by atoms with Gasteiger partial charge in [-0.1, -0.05) is 42.6 Å². The average molecular weight is 288 g/mol. The topological polar surface area (TPSA) is 7.68 Å². The average Bonchev–Trinajstić information content (AvgIpc) is 2.40. The molecule has 18 heavy (non-hydrogen) atoms. The van der Waals surface area contributed by atoms with E-state index in [4.69, 9.17) is 23.2 Å². The maximum Gasteiger partial charge on any atom is 0.0949 e. The molecule has 100 valence electrons. The third-order valence-corrected chi connectivity index (χ3v) is 4.44. The molecule has 1 aromatic carbocycles. The molecule has 2 rings (SSSR count). The fourth-order valence-corrected chi connectivity index (χ4v) is 2.89. The summed E-state index contributed by atoms with van der Waals surface area (Å²) >= 11 is 12.3. The van der Waals surface area contributed by atoms with Gasteiger partial charge in [0, 0.05) is 0 Å². The first-order valence-corrected chi connectivity index (χ1v) is 7.50. The summed E-state index contributed by atoms with van der Waals surface area (Å²) < 4.78 is 0. The predicted octanol–water partition coefficient (Wildman–Crippen LogP) is 2.50. The van der Waals surface area contributed by atoms with Crippen molar-refractivity contribution in [1.82, 2.24) is 0 Å². The molecule has 1 heterocycles. The van der Waals surface area contributed by atoms with Crippen LogP contribution in [0, 0.1) is 0 Å². The Labute approximate surface area is 119 Å². The quantitative estimate of drug-likeness (QED) is 0.894. The maximum absolute atomic E-state index is 6.27. The van der Waals surface area contributed by atoms with Gasteiger partial charge in [-0.25, -0.2) is 0 Å². The predicted molar refractivity (Wildman–Crippen MR) is 79.1 cm³/mol. The van der Waals surface area contributed by atoms with Gasteiger partial charge in [0.05, 0.1) is 48.5 Å². The van der Waals surface area contributed by atoms with Crippen molar-refractivity contribution in [3.63, 3.8) is 0 Å². The largest absolute Gasteiger partial charge is 0.359 e. The number of nitrogens with zero attached hydrogens (tertiary/aromatic N) is 1. The van der Waals surface area contributed by atoms with Crippen molar-refractivity contribution in [2.75, 3.05) is 37.6 Å². The Balaban J connectivity index is 1.95. The summed E-state index contributed by atoms with van der Waals surface area (Å²) in [5.74, 6) is 0. The second-order valence-corrected chi connectivity index (χ2v) is 5.70. The minimum atomic E-state index is 0.648. The zero-order chi connectivity index (χ0) is 13.0. The number of rotatable bonds is 4. The van der Waals surface area contributed by atoms with Crippen molar-refractivity contribution in [2.45, 2.75) is 19.8 Å². The van der Waals surface area contributed by atoms with Crippen molar-refractivity contribution in [3.05, 3.63) is 28.2 Å². The van der Waals surface area contributed by atoms with Crippen molar-refractivity contribution >= 4 is 28.9 Å². The second kappa shape index (κ2) is 6.65. The molecule has 1 fully saturated rings. The van der Waals surface area contributed by atoms with Crippen LogP contribution in [-0.2, 0) is 0 Å². The standard InChI is InChI=1S/C14H20Cl2N2/c1-2-3-7-17-8-10-18(11-9-17)13-6-4-5-12(15)14(13)16/h4-6H,2-3,7-11H2,1H3/p+1. The molecule has 0 radical (unpaired) electrons. The molecule has 1 aliphatic rings. The van der Waals surface area contributed by atoms with Crippen LogP contribution in [0.3, 0.4) is 0 Å². The lowest BCUT2D eigenvalue weighted by Crippen LogP contribution is -3.14. The molecule has 0 atom stereocenters. The van der Waals surface area contributed by atoms with E-state index in [-0.39, 0.29) is 0 Å². The molecule has 1 aliphatic heterocycles. The Hall–Kier alpha value is -0.440. The van der Waals surface area contributed by atoms with Gasteiger partial charge < -0.3 is 9.80 Å². The van der Waals surface area contributed by atoms with Crippen molar-refractivity contribution in [3.8, 4) is 0 Å². The number of halogens is 2. The number of nitrogens with one attached hydrogen (secondary N) is 1. The van der Waals surface area contributed by atoms with Gasteiger partial charge in [-0.15, -0.1) is 0 Å². The second-order valence-electron chi connectivity index (χ2n) is 4.91. The van der Waals surface area contributed by atoms with Crippen molar-refractivity contribution in [1.29, 1.82) is 0 Å². The number of benzene rings is 1. The minimum Gasteiger partial charge on any atom is -0.359 e. The number of hydrogen-bond acceptors (Lipinski definition) is 1. The van der Waals surface area contributed by atoms with E-state index in [1.165, 1.54) is 32.5 Å². The molecule has 0 spiro atoms. The van der Waals surface area contributed by atoms with Gasteiger partial charge in [0.2, 0.25) is 0 Å². The highest BCUT2D eigenvalue weighted by atomic mass is 35.5. The summed E-state index contributed by atoms with van der Waals surface area (Å²) in [5.41, 5.74) is 1.08. The molecule has 0 unspecified atom stereocenters. The summed E-state index contributed by atoms with van der Waals surface area (Å²) in [5, 5.41) is 1.34. The molecule has 1 saturated heterocycles. The van der Waals surface area contributed by atoms with Gasteiger partial charge in [-0.2, -0.15) is 0 Å². The first kappa shape index (κ1) is 14.0. The third-order valence-electron chi connectivity index (χ3n) is 3.63. The Morgan fingerprint density at radius 1 is 1.22 bits per heavy atom. The molecule has 1 aromatic rings. The maximum atomic E-state index is 6.27. The summed E-state index contributed by atoms with van der Waals surface area (Å²) in [4.78, 5) is 4.06. The Bertz CT molecular complexity index is 387. The van der Waals surface area contributed by atoms with E-state index in [0.29, 0.717) is 10.0 Å². The number of quaternary nitrogens is 1. The Kier molecular flexibility index (Phi) is 5.16. The highest BCUT2D eigenvalue weighted by molar-refractivity contribution is 6.43. The molecule has 0 aromatic heterocycles. The number of unbranched alkanes of at least 4 members (excludes halogenated alkanes) is 1. The van der Waals surface area contributed by atoms with Crippen LogP contribution < -0.4 is 9.80 Å². The highest BCUT2D eigenvalue weighted by Crippen LogP contribution is 2.32. The van der Waals surface area contributed by atoms with Gasteiger partial charge >= 0.3 is 0 Å². The third kappa shape index (κ3) is 3.31. The molecule has 2 nitrogen and oxygen atoms in total. The summed E-state index contributed by atoms with van der Waals surface area (Å²) in [6.07, 6.45) is 2.61.